The van der Waals surface area contributed by atoms with Gasteiger partial charge in [-0.25, -0.2) is 0 Å². The summed E-state index contributed by atoms with van der Waals surface area (Å²) in [5.41, 5.74) is 1.71. The summed E-state index contributed by atoms with van der Waals surface area (Å²) >= 11 is 0. The Bertz CT molecular complexity index is 338. The van der Waals surface area contributed by atoms with Gasteiger partial charge in [0.1, 0.15) is 5.75 Å². The molecule has 0 spiro atoms. The zero-order valence-electron chi connectivity index (χ0n) is 9.03. The van der Waals surface area contributed by atoms with E-state index >= 15 is 0 Å². The lowest BCUT2D eigenvalue weighted by Crippen LogP contribution is -2.07. The summed E-state index contributed by atoms with van der Waals surface area (Å²) in [6.07, 6.45) is 0.777. The van der Waals surface area contributed by atoms with E-state index in [0.29, 0.717) is 6.42 Å². The van der Waals surface area contributed by atoms with Crippen LogP contribution in [0.5, 0.6) is 5.75 Å². The fourth-order valence-corrected chi connectivity index (χ4v) is 1.86. The second-order valence-electron chi connectivity index (χ2n) is 3.71. The Hall–Kier alpha value is -1.51. The average Bonchev–Trinajstić information content (AvgIpc) is 2.15. The molecule has 0 saturated heterocycles. The van der Waals surface area contributed by atoms with Crippen molar-refractivity contribution >= 4 is 5.97 Å². The second kappa shape index (κ2) is 4.82. The fourth-order valence-electron chi connectivity index (χ4n) is 1.86. The van der Waals surface area contributed by atoms with E-state index in [1.54, 1.807) is 12.1 Å². The first-order valence-corrected chi connectivity index (χ1v) is 5.06. The predicted molar refractivity (Wildman–Crippen MR) is 58.1 cm³/mol. The molecule has 1 aromatic carbocycles. The van der Waals surface area contributed by atoms with Crippen molar-refractivity contribution in [1.29, 1.82) is 0 Å². The normalized spacial score (nSPS) is 12.4. The highest BCUT2D eigenvalue weighted by Gasteiger charge is 2.18. The first-order valence-electron chi connectivity index (χ1n) is 5.06. The highest BCUT2D eigenvalue weighted by atomic mass is 16.4. The van der Waals surface area contributed by atoms with Crippen molar-refractivity contribution in [3.63, 3.8) is 0 Å². The molecule has 3 heteroatoms. The van der Waals surface area contributed by atoms with Crippen molar-refractivity contribution in [2.24, 2.45) is 0 Å². The van der Waals surface area contributed by atoms with Gasteiger partial charge in [0.05, 0.1) is 6.42 Å². The molecule has 0 saturated carbocycles. The molecular weight excluding hydrogens is 192 g/mol. The maximum absolute atomic E-state index is 10.7. The number of benzene rings is 1. The van der Waals surface area contributed by atoms with Crippen molar-refractivity contribution in [1.82, 2.24) is 0 Å². The van der Waals surface area contributed by atoms with Crippen LogP contribution >= 0.6 is 0 Å². The minimum absolute atomic E-state index is 0.0644. The van der Waals surface area contributed by atoms with Crippen LogP contribution in [0.15, 0.2) is 18.2 Å². The Balaban J connectivity index is 3.05. The minimum atomic E-state index is -0.829. The molecule has 0 aliphatic heterocycles. The highest BCUT2D eigenvalue weighted by Crippen LogP contribution is 2.33. The van der Waals surface area contributed by atoms with Gasteiger partial charge < -0.3 is 10.2 Å². The molecule has 82 valence electrons. The third kappa shape index (κ3) is 2.72. The molecule has 0 aliphatic rings. The number of aryl methyl sites for hydroxylation is 1. The quantitative estimate of drug-likeness (QED) is 0.799. The number of aromatic hydroxyl groups is 1. The Labute approximate surface area is 89.4 Å². The molecule has 0 aromatic heterocycles. The second-order valence-corrected chi connectivity index (χ2v) is 3.71. The molecule has 1 unspecified atom stereocenters. The number of rotatable bonds is 4. The summed E-state index contributed by atoms with van der Waals surface area (Å²) in [5, 5.41) is 18.5. The van der Waals surface area contributed by atoms with Crippen LogP contribution < -0.4 is 0 Å². The monoisotopic (exact) mass is 208 g/mol. The molecule has 0 amide bonds. The van der Waals surface area contributed by atoms with E-state index in [4.69, 9.17) is 5.11 Å². The van der Waals surface area contributed by atoms with E-state index in [-0.39, 0.29) is 18.1 Å². The topological polar surface area (TPSA) is 57.5 Å². The van der Waals surface area contributed by atoms with Crippen LogP contribution in [0.4, 0.5) is 0 Å². The Morgan fingerprint density at radius 1 is 1.47 bits per heavy atom. The lowest BCUT2D eigenvalue weighted by molar-refractivity contribution is -0.137. The summed E-state index contributed by atoms with van der Waals surface area (Å²) in [4.78, 5) is 10.7. The van der Waals surface area contributed by atoms with Crippen LogP contribution in [-0.2, 0) is 4.79 Å². The SMILES string of the molecule is CCC(CC(=O)O)c1c(C)cccc1O. The summed E-state index contributed by atoms with van der Waals surface area (Å²) in [7, 11) is 0. The molecular formula is C12H16O3. The van der Waals surface area contributed by atoms with E-state index in [1.807, 2.05) is 19.9 Å². The molecule has 2 N–H and O–H groups in total. The van der Waals surface area contributed by atoms with Gasteiger partial charge in [-0.05, 0) is 30.9 Å². The van der Waals surface area contributed by atoms with Crippen LogP contribution in [0.3, 0.4) is 0 Å². The molecule has 1 aromatic rings. The fraction of sp³-hybridized carbons (Fsp3) is 0.417. The van der Waals surface area contributed by atoms with Gasteiger partial charge in [-0.2, -0.15) is 0 Å². The zero-order chi connectivity index (χ0) is 11.4. The van der Waals surface area contributed by atoms with E-state index in [2.05, 4.69) is 0 Å². The van der Waals surface area contributed by atoms with Crippen molar-refractivity contribution in [2.45, 2.75) is 32.6 Å². The van der Waals surface area contributed by atoms with Gasteiger partial charge in [-0.3, -0.25) is 4.79 Å². The molecule has 0 bridgehead atoms. The molecule has 0 fully saturated rings. The minimum Gasteiger partial charge on any atom is -0.508 e. The summed E-state index contributed by atoms with van der Waals surface area (Å²) in [6, 6.07) is 5.26. The molecule has 0 heterocycles. The molecule has 3 nitrogen and oxygen atoms in total. The van der Waals surface area contributed by atoms with Gasteiger partial charge in [0.2, 0.25) is 0 Å². The van der Waals surface area contributed by atoms with Crippen LogP contribution in [0.1, 0.15) is 36.8 Å². The largest absolute Gasteiger partial charge is 0.508 e. The smallest absolute Gasteiger partial charge is 0.303 e. The Morgan fingerprint density at radius 3 is 2.60 bits per heavy atom. The zero-order valence-corrected chi connectivity index (χ0v) is 9.03. The van der Waals surface area contributed by atoms with Gasteiger partial charge in [-0.1, -0.05) is 19.1 Å². The molecule has 1 rings (SSSR count). The number of phenols is 1. The molecule has 0 radical (unpaired) electrons. The highest BCUT2D eigenvalue weighted by molar-refractivity contribution is 5.68. The van der Waals surface area contributed by atoms with Crippen molar-refractivity contribution in [3.05, 3.63) is 29.3 Å². The molecule has 15 heavy (non-hydrogen) atoms. The number of carbonyl (C=O) groups is 1. The van der Waals surface area contributed by atoms with Gasteiger partial charge in [-0.15, -0.1) is 0 Å². The van der Waals surface area contributed by atoms with Crippen LogP contribution in [0.25, 0.3) is 0 Å². The number of carboxylic acids is 1. The number of aliphatic carboxylic acids is 1. The summed E-state index contributed by atoms with van der Waals surface area (Å²) in [5.74, 6) is -0.740. The number of phenolic OH excluding ortho intramolecular Hbond substituents is 1. The summed E-state index contributed by atoms with van der Waals surface area (Å²) < 4.78 is 0. The Morgan fingerprint density at radius 2 is 2.13 bits per heavy atom. The first kappa shape index (κ1) is 11.6. The standard InChI is InChI=1S/C12H16O3/c1-3-9(7-11(14)15)12-8(2)5-4-6-10(12)13/h4-6,9,13H,3,7H2,1-2H3,(H,14,15). The lowest BCUT2D eigenvalue weighted by atomic mass is 9.89. The molecule has 0 aliphatic carbocycles. The third-order valence-corrected chi connectivity index (χ3v) is 2.62. The number of hydrogen-bond donors (Lipinski definition) is 2. The van der Waals surface area contributed by atoms with Gasteiger partial charge in [0, 0.05) is 5.56 Å². The van der Waals surface area contributed by atoms with Gasteiger partial charge in [0.25, 0.3) is 0 Å². The van der Waals surface area contributed by atoms with E-state index in [9.17, 15) is 9.90 Å². The molecule has 1 atom stereocenters. The van der Waals surface area contributed by atoms with E-state index in [0.717, 1.165) is 11.1 Å². The number of carboxylic acid groups (broad SMARTS) is 1. The third-order valence-electron chi connectivity index (χ3n) is 2.62. The summed E-state index contributed by atoms with van der Waals surface area (Å²) in [6.45, 7) is 3.82. The van der Waals surface area contributed by atoms with Crippen LogP contribution in [-0.4, -0.2) is 16.2 Å². The van der Waals surface area contributed by atoms with E-state index < -0.39 is 5.97 Å². The van der Waals surface area contributed by atoms with Crippen molar-refractivity contribution in [2.75, 3.05) is 0 Å². The van der Waals surface area contributed by atoms with Crippen molar-refractivity contribution in [3.8, 4) is 5.75 Å². The van der Waals surface area contributed by atoms with Crippen LogP contribution in [0.2, 0.25) is 0 Å². The van der Waals surface area contributed by atoms with Crippen molar-refractivity contribution < 1.29 is 15.0 Å². The maximum atomic E-state index is 10.7. The average molecular weight is 208 g/mol. The van der Waals surface area contributed by atoms with Gasteiger partial charge in [0.15, 0.2) is 0 Å². The Kier molecular flexibility index (Phi) is 3.72. The van der Waals surface area contributed by atoms with E-state index in [1.165, 1.54) is 0 Å². The lowest BCUT2D eigenvalue weighted by Gasteiger charge is -2.17. The number of hydrogen-bond acceptors (Lipinski definition) is 2. The van der Waals surface area contributed by atoms with Gasteiger partial charge >= 0.3 is 5.97 Å². The maximum Gasteiger partial charge on any atom is 0.303 e. The predicted octanol–water partition coefficient (Wildman–Crippen LogP) is 2.67. The first-order chi connectivity index (χ1) is 7.06. The van der Waals surface area contributed by atoms with Crippen LogP contribution in [0, 0.1) is 6.92 Å².